The maximum absolute atomic E-state index is 13.5. The van der Waals surface area contributed by atoms with Crippen molar-refractivity contribution >= 4 is 38.9 Å². The second-order valence-corrected chi connectivity index (χ2v) is 9.10. The van der Waals surface area contributed by atoms with Crippen molar-refractivity contribution in [3.8, 4) is 0 Å². The smallest absolute Gasteiger partial charge is 0.251 e. The number of anilines is 3. The Hall–Kier alpha value is -2.87. The Kier molecular flexibility index (Phi) is 5.66. The van der Waals surface area contributed by atoms with Crippen molar-refractivity contribution in [1.82, 2.24) is 0 Å². The molecule has 0 radical (unpaired) electrons. The Labute approximate surface area is 171 Å². The molecule has 8 heteroatoms. The van der Waals surface area contributed by atoms with Crippen molar-refractivity contribution in [3.05, 3.63) is 53.6 Å². The van der Waals surface area contributed by atoms with Gasteiger partial charge in [-0.3, -0.25) is 18.8 Å². The van der Waals surface area contributed by atoms with Gasteiger partial charge in [-0.25, -0.2) is 8.42 Å². The summed E-state index contributed by atoms with van der Waals surface area (Å²) in [4.78, 5) is 27.0. The highest BCUT2D eigenvalue weighted by Crippen LogP contribution is 2.32. The molecule has 2 aromatic rings. The average molecular weight is 416 g/mol. The van der Waals surface area contributed by atoms with E-state index in [-0.39, 0.29) is 18.9 Å². The van der Waals surface area contributed by atoms with Gasteiger partial charge >= 0.3 is 0 Å². The number of carbonyl (C=O) groups excluding carboxylic acids is 2. The van der Waals surface area contributed by atoms with E-state index in [1.807, 2.05) is 19.9 Å². The summed E-state index contributed by atoms with van der Waals surface area (Å²) < 4.78 is 26.6. The molecule has 0 bridgehead atoms. The van der Waals surface area contributed by atoms with Crippen LogP contribution >= 0.6 is 0 Å². The second-order valence-electron chi connectivity index (χ2n) is 7.24. The van der Waals surface area contributed by atoms with Crippen LogP contribution in [-0.2, 0) is 19.6 Å². The lowest BCUT2D eigenvalue weighted by molar-refractivity contribution is -0.122. The van der Waals surface area contributed by atoms with E-state index in [4.69, 9.17) is 0 Å². The molecule has 3 rings (SSSR count). The van der Waals surface area contributed by atoms with Crippen LogP contribution in [-0.4, -0.2) is 39.1 Å². The summed E-state index contributed by atoms with van der Waals surface area (Å²) in [6.45, 7) is 5.44. The monoisotopic (exact) mass is 415 g/mol. The Bertz CT molecular complexity index is 1070. The van der Waals surface area contributed by atoms with Crippen LogP contribution in [0.5, 0.6) is 0 Å². The fourth-order valence-electron chi connectivity index (χ4n) is 3.52. The van der Waals surface area contributed by atoms with Crippen molar-refractivity contribution in [2.24, 2.45) is 0 Å². The lowest BCUT2D eigenvalue weighted by Crippen LogP contribution is -2.53. The minimum Gasteiger partial charge on any atom is -0.323 e. The highest BCUT2D eigenvalue weighted by atomic mass is 32.2. The number of nitrogens with one attached hydrogen (secondary N) is 1. The van der Waals surface area contributed by atoms with E-state index in [1.165, 1.54) is 4.90 Å². The summed E-state index contributed by atoms with van der Waals surface area (Å²) >= 11 is 0. The van der Waals surface area contributed by atoms with E-state index in [1.54, 1.807) is 43.3 Å². The topological polar surface area (TPSA) is 86.8 Å². The lowest BCUT2D eigenvalue weighted by atomic mass is 10.1. The van der Waals surface area contributed by atoms with Crippen LogP contribution < -0.4 is 14.5 Å². The molecule has 0 saturated carbocycles. The molecule has 154 valence electrons. The van der Waals surface area contributed by atoms with Crippen molar-refractivity contribution in [2.75, 3.05) is 27.3 Å². The molecule has 1 aliphatic heterocycles. The predicted molar refractivity (Wildman–Crippen MR) is 115 cm³/mol. The SMILES string of the molecule is CCC(C(=O)N1CC(=O)Nc2ccccc21)N(c1ccc(C)c(C)c1)S(C)(=O)=O. The van der Waals surface area contributed by atoms with Gasteiger partial charge in [0.05, 0.1) is 23.3 Å². The molecule has 0 saturated heterocycles. The van der Waals surface area contributed by atoms with Gasteiger partial charge in [-0.1, -0.05) is 25.1 Å². The molecule has 0 aliphatic carbocycles. The van der Waals surface area contributed by atoms with Crippen LogP contribution in [0.15, 0.2) is 42.5 Å². The maximum Gasteiger partial charge on any atom is 0.251 e. The first-order valence-electron chi connectivity index (χ1n) is 9.40. The summed E-state index contributed by atoms with van der Waals surface area (Å²) in [5.41, 5.74) is 3.49. The number of hydrogen-bond donors (Lipinski definition) is 1. The Morgan fingerprint density at radius 3 is 2.48 bits per heavy atom. The van der Waals surface area contributed by atoms with Gasteiger partial charge in [-0.15, -0.1) is 0 Å². The van der Waals surface area contributed by atoms with Crippen molar-refractivity contribution in [1.29, 1.82) is 0 Å². The standard InChI is InChI=1S/C21H25N3O4S/c1-5-18(24(29(4,27)28)16-11-10-14(2)15(3)12-16)21(26)23-13-20(25)22-17-8-6-7-9-19(17)23/h6-12,18H,5,13H2,1-4H3,(H,22,25). The molecule has 1 unspecified atom stereocenters. The van der Waals surface area contributed by atoms with Crippen LogP contribution in [0.4, 0.5) is 17.1 Å². The van der Waals surface area contributed by atoms with Gasteiger partial charge in [0.25, 0.3) is 5.91 Å². The molecule has 1 heterocycles. The van der Waals surface area contributed by atoms with Crippen LogP contribution in [0.3, 0.4) is 0 Å². The highest BCUT2D eigenvalue weighted by Gasteiger charge is 2.37. The first-order valence-corrected chi connectivity index (χ1v) is 11.2. The minimum atomic E-state index is -3.75. The van der Waals surface area contributed by atoms with E-state index in [0.29, 0.717) is 17.1 Å². The molecule has 29 heavy (non-hydrogen) atoms. The fraction of sp³-hybridized carbons (Fsp3) is 0.333. The first kappa shape index (κ1) is 20.9. The van der Waals surface area contributed by atoms with E-state index in [2.05, 4.69) is 5.32 Å². The Balaban J connectivity index is 2.07. The van der Waals surface area contributed by atoms with Gasteiger partial charge in [0, 0.05) is 0 Å². The van der Waals surface area contributed by atoms with Gasteiger partial charge in [-0.2, -0.15) is 0 Å². The van der Waals surface area contributed by atoms with Gasteiger partial charge in [-0.05, 0) is 55.7 Å². The summed E-state index contributed by atoms with van der Waals surface area (Å²) in [5, 5.41) is 2.74. The first-order chi connectivity index (χ1) is 13.6. The Morgan fingerprint density at radius 2 is 1.86 bits per heavy atom. The number of benzene rings is 2. The quantitative estimate of drug-likeness (QED) is 0.814. The number of sulfonamides is 1. The second kappa shape index (κ2) is 7.87. The number of para-hydroxylation sites is 2. The van der Waals surface area contributed by atoms with Crippen LogP contribution in [0.25, 0.3) is 0 Å². The van der Waals surface area contributed by atoms with Crippen molar-refractivity contribution in [3.63, 3.8) is 0 Å². The molecule has 0 aromatic heterocycles. The number of hydrogen-bond acceptors (Lipinski definition) is 4. The summed E-state index contributed by atoms with van der Waals surface area (Å²) in [7, 11) is -3.75. The number of aryl methyl sites for hydroxylation is 2. The zero-order chi connectivity index (χ0) is 21.3. The maximum atomic E-state index is 13.5. The van der Waals surface area contributed by atoms with Gasteiger partial charge < -0.3 is 5.32 Å². The molecular formula is C21H25N3O4S. The van der Waals surface area contributed by atoms with E-state index in [9.17, 15) is 18.0 Å². The van der Waals surface area contributed by atoms with Crippen molar-refractivity contribution in [2.45, 2.75) is 33.2 Å². The van der Waals surface area contributed by atoms with Gasteiger partial charge in [0.15, 0.2) is 0 Å². The van der Waals surface area contributed by atoms with Crippen LogP contribution in [0.1, 0.15) is 24.5 Å². The van der Waals surface area contributed by atoms with E-state index in [0.717, 1.165) is 21.7 Å². The highest BCUT2D eigenvalue weighted by molar-refractivity contribution is 7.92. The molecule has 2 amide bonds. The molecule has 0 spiro atoms. The van der Waals surface area contributed by atoms with Crippen LogP contribution in [0.2, 0.25) is 0 Å². The third-order valence-electron chi connectivity index (χ3n) is 5.09. The number of carbonyl (C=O) groups is 2. The molecule has 7 nitrogen and oxygen atoms in total. The summed E-state index contributed by atoms with van der Waals surface area (Å²) in [6, 6.07) is 11.3. The molecular weight excluding hydrogens is 390 g/mol. The lowest BCUT2D eigenvalue weighted by Gasteiger charge is -2.36. The molecule has 1 N–H and O–H groups in total. The third-order valence-corrected chi connectivity index (χ3v) is 6.27. The zero-order valence-electron chi connectivity index (χ0n) is 17.0. The molecule has 1 atom stereocenters. The normalized spacial score (nSPS) is 14.8. The van der Waals surface area contributed by atoms with E-state index < -0.39 is 22.0 Å². The van der Waals surface area contributed by atoms with E-state index >= 15 is 0 Å². The fourth-order valence-corrected chi connectivity index (χ4v) is 4.71. The Morgan fingerprint density at radius 1 is 1.17 bits per heavy atom. The number of rotatable bonds is 5. The number of amides is 2. The van der Waals surface area contributed by atoms with Crippen LogP contribution in [0, 0.1) is 13.8 Å². The average Bonchev–Trinajstić information content (AvgIpc) is 2.66. The van der Waals surface area contributed by atoms with Gasteiger partial charge in [0.2, 0.25) is 15.9 Å². The third kappa shape index (κ3) is 4.12. The number of fused-ring (bicyclic) bond motifs is 1. The zero-order valence-corrected chi connectivity index (χ0v) is 17.8. The summed E-state index contributed by atoms with van der Waals surface area (Å²) in [6.07, 6.45) is 1.36. The molecule has 0 fully saturated rings. The van der Waals surface area contributed by atoms with Gasteiger partial charge in [0.1, 0.15) is 12.6 Å². The molecule has 2 aromatic carbocycles. The minimum absolute atomic E-state index is 0.156. The molecule has 1 aliphatic rings. The number of nitrogens with zero attached hydrogens (tertiary/aromatic N) is 2. The summed E-state index contributed by atoms with van der Waals surface area (Å²) in [5.74, 6) is -0.748. The predicted octanol–water partition coefficient (Wildman–Crippen LogP) is 2.83. The largest absolute Gasteiger partial charge is 0.323 e. The van der Waals surface area contributed by atoms with Crippen molar-refractivity contribution < 1.29 is 18.0 Å².